The second-order valence-electron chi connectivity index (χ2n) is 9.57. The van der Waals surface area contributed by atoms with Crippen LogP contribution in [0.1, 0.15) is 16.7 Å². The van der Waals surface area contributed by atoms with Gasteiger partial charge in [0.05, 0.1) is 28.7 Å². The summed E-state index contributed by atoms with van der Waals surface area (Å²) >= 11 is 12.8. The molecule has 4 aromatic carbocycles. The van der Waals surface area contributed by atoms with E-state index in [0.29, 0.717) is 44.1 Å². The molecule has 0 radical (unpaired) electrons. The Morgan fingerprint density at radius 2 is 1.48 bits per heavy atom. The molecule has 0 bridgehead atoms. The van der Waals surface area contributed by atoms with Crippen LogP contribution in [0.25, 0.3) is 22.6 Å². The third kappa shape index (κ3) is 3.42. The fourth-order valence-corrected chi connectivity index (χ4v) is 5.98. The van der Waals surface area contributed by atoms with Crippen LogP contribution < -0.4 is 10.6 Å². The molecular weight excluding hydrogens is 541 g/mol. The lowest BCUT2D eigenvalue weighted by Gasteiger charge is -2.35. The first-order valence-electron chi connectivity index (χ1n) is 12.6. The summed E-state index contributed by atoms with van der Waals surface area (Å²) < 4.78 is 1.79. The second kappa shape index (κ2) is 9.13. The molecule has 1 aromatic heterocycles. The van der Waals surface area contributed by atoms with E-state index in [1.165, 1.54) is 0 Å². The number of aromatic nitrogens is 2. The van der Waals surface area contributed by atoms with Crippen molar-refractivity contribution >= 4 is 46.3 Å². The normalized spacial score (nSPS) is 17.2. The van der Waals surface area contributed by atoms with Gasteiger partial charge in [-0.2, -0.15) is 10.4 Å². The summed E-state index contributed by atoms with van der Waals surface area (Å²) in [6.45, 7) is 0. The average Bonchev–Trinajstić information content (AvgIpc) is 3.50. The van der Waals surface area contributed by atoms with Gasteiger partial charge in [0.2, 0.25) is 5.91 Å². The van der Waals surface area contributed by atoms with E-state index < -0.39 is 5.41 Å². The minimum Gasteiger partial charge on any atom is -0.338 e. The van der Waals surface area contributed by atoms with E-state index in [1.54, 1.807) is 35.0 Å². The molecule has 0 aliphatic carbocycles. The van der Waals surface area contributed by atoms with E-state index in [1.807, 2.05) is 72.8 Å². The summed E-state index contributed by atoms with van der Waals surface area (Å²) in [4.78, 5) is 14.4. The number of rotatable bonds is 3. The van der Waals surface area contributed by atoms with E-state index >= 15 is 0 Å². The number of hydrogen-bond acceptors (Lipinski definition) is 4. The molecule has 6 nitrogen and oxygen atoms in total. The molecule has 2 aliphatic heterocycles. The SMILES string of the molecule is N#CC1=C(c2ccccc2)Nc2c(c(-c3ccc(Cl)cc3)nn2-c2ccccc2)C12C(=O)Nc1ccc(Cl)cc12. The molecule has 1 spiro atoms. The molecule has 0 saturated carbocycles. The highest BCUT2D eigenvalue weighted by atomic mass is 35.5. The van der Waals surface area contributed by atoms with Gasteiger partial charge in [0.1, 0.15) is 11.2 Å². The van der Waals surface area contributed by atoms with Gasteiger partial charge in [-0.25, -0.2) is 4.68 Å². The molecule has 1 atom stereocenters. The zero-order valence-corrected chi connectivity index (χ0v) is 22.3. The Kier molecular flexibility index (Phi) is 5.53. The van der Waals surface area contributed by atoms with Gasteiger partial charge in [-0.15, -0.1) is 0 Å². The third-order valence-corrected chi connectivity index (χ3v) is 7.88. The molecule has 192 valence electrons. The number of nitrogens with one attached hydrogen (secondary N) is 2. The lowest BCUT2D eigenvalue weighted by Crippen LogP contribution is -2.41. The summed E-state index contributed by atoms with van der Waals surface area (Å²) in [5, 5.41) is 23.5. The number of carbonyl (C=O) groups is 1. The lowest BCUT2D eigenvalue weighted by atomic mass is 9.66. The molecule has 8 heteroatoms. The van der Waals surface area contributed by atoms with Crippen LogP contribution in [-0.4, -0.2) is 15.7 Å². The van der Waals surface area contributed by atoms with Crippen molar-refractivity contribution in [3.8, 4) is 23.0 Å². The van der Waals surface area contributed by atoms with Crippen LogP contribution >= 0.6 is 23.2 Å². The van der Waals surface area contributed by atoms with Gasteiger partial charge in [-0.3, -0.25) is 4.79 Å². The van der Waals surface area contributed by atoms with Crippen molar-refractivity contribution in [2.75, 3.05) is 10.6 Å². The maximum atomic E-state index is 14.4. The number of para-hydroxylation sites is 1. The van der Waals surface area contributed by atoms with Gasteiger partial charge in [-0.1, -0.05) is 83.9 Å². The standard InChI is InChI=1S/C32H19Cl2N5O/c33-21-13-11-20(12-14-21)29-27-30(39(38-29)23-9-5-2-6-10-23)37-28(19-7-3-1-4-8-19)25(18-35)32(27)24-17-22(34)15-16-26(24)36-31(32)40/h1-17,37H,(H,36,40). The highest BCUT2D eigenvalue weighted by molar-refractivity contribution is 6.31. The first-order chi connectivity index (χ1) is 19.5. The summed E-state index contributed by atoms with van der Waals surface area (Å²) in [6.07, 6.45) is 0. The fourth-order valence-electron chi connectivity index (χ4n) is 5.68. The number of carbonyl (C=O) groups excluding carboxylic acids is 1. The number of anilines is 2. The summed E-state index contributed by atoms with van der Waals surface area (Å²) in [5.74, 6) is 0.234. The van der Waals surface area contributed by atoms with E-state index in [9.17, 15) is 10.1 Å². The number of nitrogens with zero attached hydrogens (tertiary/aromatic N) is 3. The Hall–Kier alpha value is -4.83. The minimum atomic E-state index is -1.53. The number of hydrogen-bond donors (Lipinski definition) is 2. The van der Waals surface area contributed by atoms with Crippen molar-refractivity contribution < 1.29 is 4.79 Å². The highest BCUT2D eigenvalue weighted by Crippen LogP contribution is 2.57. The van der Waals surface area contributed by atoms with E-state index in [-0.39, 0.29) is 11.5 Å². The number of nitriles is 1. The van der Waals surface area contributed by atoms with Gasteiger partial charge in [0.25, 0.3) is 0 Å². The Morgan fingerprint density at radius 3 is 2.17 bits per heavy atom. The van der Waals surface area contributed by atoms with Crippen LogP contribution in [0.3, 0.4) is 0 Å². The van der Waals surface area contributed by atoms with Crippen molar-refractivity contribution in [1.82, 2.24) is 9.78 Å². The van der Waals surface area contributed by atoms with E-state index in [0.717, 1.165) is 16.8 Å². The summed E-state index contributed by atoms with van der Waals surface area (Å²) in [6, 6.07) is 34.1. The third-order valence-electron chi connectivity index (χ3n) is 7.40. The fraction of sp³-hybridized carbons (Fsp3) is 0.0312. The van der Waals surface area contributed by atoms with Gasteiger partial charge in [-0.05, 0) is 48.0 Å². The van der Waals surface area contributed by atoms with Crippen LogP contribution in [0.4, 0.5) is 11.5 Å². The molecule has 1 amide bonds. The molecule has 5 aromatic rings. The number of benzene rings is 4. The smallest absolute Gasteiger partial charge is 0.245 e. The van der Waals surface area contributed by atoms with Crippen molar-refractivity contribution in [2.45, 2.75) is 5.41 Å². The highest BCUT2D eigenvalue weighted by Gasteiger charge is 2.58. The average molecular weight is 560 g/mol. The zero-order chi connectivity index (χ0) is 27.4. The molecule has 7 rings (SSSR count). The van der Waals surface area contributed by atoms with Crippen LogP contribution in [-0.2, 0) is 10.2 Å². The topological polar surface area (TPSA) is 82.7 Å². The van der Waals surface area contributed by atoms with Gasteiger partial charge >= 0.3 is 0 Å². The Labute approximate surface area is 240 Å². The van der Waals surface area contributed by atoms with E-state index in [4.69, 9.17) is 28.3 Å². The predicted molar refractivity (Wildman–Crippen MR) is 157 cm³/mol. The quantitative estimate of drug-likeness (QED) is 0.240. The molecule has 2 aliphatic rings. The minimum absolute atomic E-state index is 0.257. The molecule has 0 saturated heterocycles. The first kappa shape index (κ1) is 24.2. The second-order valence-corrected chi connectivity index (χ2v) is 10.4. The van der Waals surface area contributed by atoms with Crippen molar-refractivity contribution in [3.63, 3.8) is 0 Å². The van der Waals surface area contributed by atoms with Crippen molar-refractivity contribution in [3.05, 3.63) is 135 Å². The van der Waals surface area contributed by atoms with Gasteiger partial charge in [0.15, 0.2) is 0 Å². The monoisotopic (exact) mass is 559 g/mol. The summed E-state index contributed by atoms with van der Waals surface area (Å²) in [7, 11) is 0. The molecular formula is C32H19Cl2N5O. The van der Waals surface area contributed by atoms with Gasteiger partial charge < -0.3 is 10.6 Å². The maximum absolute atomic E-state index is 14.4. The Bertz CT molecular complexity index is 1890. The lowest BCUT2D eigenvalue weighted by molar-refractivity contribution is -0.118. The van der Waals surface area contributed by atoms with Crippen LogP contribution in [0.15, 0.2) is 109 Å². The molecule has 2 N–H and O–H groups in total. The van der Waals surface area contributed by atoms with Crippen LogP contribution in [0, 0.1) is 11.3 Å². The zero-order valence-electron chi connectivity index (χ0n) is 20.8. The van der Waals surface area contributed by atoms with Crippen LogP contribution in [0.2, 0.25) is 10.0 Å². The Morgan fingerprint density at radius 1 is 0.800 bits per heavy atom. The predicted octanol–water partition coefficient (Wildman–Crippen LogP) is 7.44. The number of fused-ring (bicyclic) bond motifs is 4. The molecule has 1 unspecified atom stereocenters. The molecule has 40 heavy (non-hydrogen) atoms. The first-order valence-corrected chi connectivity index (χ1v) is 13.3. The maximum Gasteiger partial charge on any atom is 0.245 e. The van der Waals surface area contributed by atoms with Gasteiger partial charge in [0, 0.05) is 32.4 Å². The molecule has 0 fully saturated rings. The number of halogens is 2. The number of amides is 1. The summed E-state index contributed by atoms with van der Waals surface area (Å²) in [5.41, 5.74) is 3.87. The van der Waals surface area contributed by atoms with Crippen molar-refractivity contribution in [1.29, 1.82) is 5.26 Å². The van der Waals surface area contributed by atoms with Crippen LogP contribution in [0.5, 0.6) is 0 Å². The Balaban J connectivity index is 1.66. The largest absolute Gasteiger partial charge is 0.338 e. The van der Waals surface area contributed by atoms with E-state index in [2.05, 4.69) is 16.7 Å². The molecule has 3 heterocycles. The van der Waals surface area contributed by atoms with Crippen molar-refractivity contribution in [2.24, 2.45) is 0 Å².